The summed E-state index contributed by atoms with van der Waals surface area (Å²) < 4.78 is 0. The molecule has 2 rings (SSSR count). The van der Waals surface area contributed by atoms with Gasteiger partial charge in [-0.3, -0.25) is 0 Å². The largest absolute Gasteiger partial charge is 0.387 e. The van der Waals surface area contributed by atoms with Crippen molar-refractivity contribution in [3.63, 3.8) is 0 Å². The van der Waals surface area contributed by atoms with Crippen LogP contribution in [-0.4, -0.2) is 23.8 Å². The van der Waals surface area contributed by atoms with E-state index in [1.165, 1.54) is 32.1 Å². The van der Waals surface area contributed by atoms with Crippen molar-refractivity contribution in [3.8, 4) is 0 Å². The topological polar surface area (TPSA) is 32.3 Å². The second-order valence-electron chi connectivity index (χ2n) is 5.38. The van der Waals surface area contributed by atoms with Crippen LogP contribution in [0.2, 0.25) is 0 Å². The van der Waals surface area contributed by atoms with E-state index in [0.29, 0.717) is 5.41 Å². The van der Waals surface area contributed by atoms with Gasteiger partial charge in [-0.1, -0.05) is 26.2 Å². The maximum atomic E-state index is 10.1. The Morgan fingerprint density at radius 1 is 1.15 bits per heavy atom. The Balaban J connectivity index is 1.90. The van der Waals surface area contributed by atoms with E-state index in [-0.39, 0.29) is 5.60 Å². The SMILES string of the molecule is CC1(CC2(O)CNC2)CCCCC1. The third-order valence-electron chi connectivity index (χ3n) is 3.72. The van der Waals surface area contributed by atoms with Gasteiger partial charge in [0.05, 0.1) is 5.60 Å². The second kappa shape index (κ2) is 3.25. The van der Waals surface area contributed by atoms with Gasteiger partial charge in [-0.25, -0.2) is 0 Å². The molecule has 0 unspecified atom stereocenters. The normalized spacial score (nSPS) is 30.9. The van der Waals surface area contributed by atoms with Crippen molar-refractivity contribution >= 4 is 0 Å². The van der Waals surface area contributed by atoms with Crippen molar-refractivity contribution in [2.24, 2.45) is 5.41 Å². The molecule has 0 aromatic carbocycles. The van der Waals surface area contributed by atoms with Gasteiger partial charge >= 0.3 is 0 Å². The molecule has 0 amide bonds. The maximum absolute atomic E-state index is 10.1. The summed E-state index contributed by atoms with van der Waals surface area (Å²) in [7, 11) is 0. The van der Waals surface area contributed by atoms with Crippen LogP contribution in [0.25, 0.3) is 0 Å². The minimum atomic E-state index is -0.369. The zero-order chi connectivity index (χ0) is 9.36. The van der Waals surface area contributed by atoms with Crippen LogP contribution in [0.5, 0.6) is 0 Å². The molecule has 0 atom stereocenters. The van der Waals surface area contributed by atoms with Crippen LogP contribution < -0.4 is 5.32 Å². The summed E-state index contributed by atoms with van der Waals surface area (Å²) in [6, 6.07) is 0. The molecule has 13 heavy (non-hydrogen) atoms. The van der Waals surface area contributed by atoms with Gasteiger partial charge < -0.3 is 10.4 Å². The Labute approximate surface area is 80.7 Å². The molecule has 1 heterocycles. The van der Waals surface area contributed by atoms with Gasteiger partial charge in [-0.2, -0.15) is 0 Å². The number of nitrogens with one attached hydrogen (secondary N) is 1. The first-order valence-corrected chi connectivity index (χ1v) is 5.55. The molecule has 0 bridgehead atoms. The minimum Gasteiger partial charge on any atom is -0.387 e. The summed E-state index contributed by atoms with van der Waals surface area (Å²) in [6.45, 7) is 3.97. The first kappa shape index (κ1) is 9.47. The highest BCUT2D eigenvalue weighted by atomic mass is 16.3. The summed E-state index contributed by atoms with van der Waals surface area (Å²) >= 11 is 0. The standard InChI is InChI=1S/C11H21NO/c1-10(5-3-2-4-6-10)7-11(13)8-12-9-11/h12-13H,2-9H2,1H3. The first-order valence-electron chi connectivity index (χ1n) is 5.55. The fourth-order valence-corrected chi connectivity index (χ4v) is 2.92. The van der Waals surface area contributed by atoms with Crippen LogP contribution in [0.4, 0.5) is 0 Å². The fraction of sp³-hybridized carbons (Fsp3) is 1.00. The highest BCUT2D eigenvalue weighted by Gasteiger charge is 2.41. The van der Waals surface area contributed by atoms with E-state index in [9.17, 15) is 5.11 Å². The molecule has 76 valence electrons. The Kier molecular flexibility index (Phi) is 2.37. The summed E-state index contributed by atoms with van der Waals surface area (Å²) in [5.41, 5.74) is 0.0567. The zero-order valence-electron chi connectivity index (χ0n) is 8.60. The quantitative estimate of drug-likeness (QED) is 0.682. The molecule has 1 saturated heterocycles. The van der Waals surface area contributed by atoms with Gasteiger partial charge in [-0.15, -0.1) is 0 Å². The van der Waals surface area contributed by atoms with Crippen LogP contribution >= 0.6 is 0 Å². The van der Waals surface area contributed by atoms with Gasteiger partial charge in [0.25, 0.3) is 0 Å². The van der Waals surface area contributed by atoms with Crippen LogP contribution in [0, 0.1) is 5.41 Å². The van der Waals surface area contributed by atoms with Gasteiger partial charge in [0.15, 0.2) is 0 Å². The monoisotopic (exact) mass is 183 g/mol. The first-order chi connectivity index (χ1) is 6.12. The predicted molar refractivity (Wildman–Crippen MR) is 53.6 cm³/mol. The van der Waals surface area contributed by atoms with Crippen molar-refractivity contribution in [3.05, 3.63) is 0 Å². The van der Waals surface area contributed by atoms with Crippen LogP contribution in [-0.2, 0) is 0 Å². The Morgan fingerprint density at radius 3 is 2.23 bits per heavy atom. The number of hydrogen-bond acceptors (Lipinski definition) is 2. The third-order valence-corrected chi connectivity index (χ3v) is 3.72. The van der Waals surface area contributed by atoms with Crippen molar-refractivity contribution in [2.75, 3.05) is 13.1 Å². The Hall–Kier alpha value is -0.0800. The average Bonchev–Trinajstić information content (AvgIpc) is 2.02. The van der Waals surface area contributed by atoms with Crippen molar-refractivity contribution in [2.45, 2.75) is 51.0 Å². The fourth-order valence-electron chi connectivity index (χ4n) is 2.92. The number of hydrogen-bond donors (Lipinski definition) is 2. The molecule has 0 spiro atoms. The molecule has 1 saturated carbocycles. The molecule has 0 radical (unpaired) electrons. The number of rotatable bonds is 2. The van der Waals surface area contributed by atoms with Crippen LogP contribution in [0.3, 0.4) is 0 Å². The minimum absolute atomic E-state index is 0.369. The molecule has 0 aromatic rings. The second-order valence-corrected chi connectivity index (χ2v) is 5.38. The summed E-state index contributed by atoms with van der Waals surface area (Å²) in [6.07, 6.45) is 7.75. The summed E-state index contributed by atoms with van der Waals surface area (Å²) in [4.78, 5) is 0. The molecule has 1 aliphatic carbocycles. The van der Waals surface area contributed by atoms with E-state index in [0.717, 1.165) is 19.5 Å². The van der Waals surface area contributed by atoms with Crippen molar-refractivity contribution < 1.29 is 5.11 Å². The van der Waals surface area contributed by atoms with E-state index < -0.39 is 0 Å². The van der Waals surface area contributed by atoms with Gasteiger partial charge in [-0.05, 0) is 24.7 Å². The lowest BCUT2D eigenvalue weighted by Crippen LogP contribution is -2.61. The molecule has 1 aliphatic heterocycles. The lowest BCUT2D eigenvalue weighted by atomic mass is 9.68. The van der Waals surface area contributed by atoms with Crippen LogP contribution in [0.1, 0.15) is 45.4 Å². The van der Waals surface area contributed by atoms with E-state index in [1.807, 2.05) is 0 Å². The molecule has 0 aromatic heterocycles. The van der Waals surface area contributed by atoms with E-state index in [4.69, 9.17) is 0 Å². The van der Waals surface area contributed by atoms with Gasteiger partial charge in [0.1, 0.15) is 0 Å². The lowest BCUT2D eigenvalue weighted by Gasteiger charge is -2.45. The average molecular weight is 183 g/mol. The van der Waals surface area contributed by atoms with Gasteiger partial charge in [0.2, 0.25) is 0 Å². The Morgan fingerprint density at radius 2 is 1.77 bits per heavy atom. The molecule has 2 N–H and O–H groups in total. The third kappa shape index (κ3) is 2.05. The van der Waals surface area contributed by atoms with E-state index in [1.54, 1.807) is 0 Å². The van der Waals surface area contributed by atoms with Crippen molar-refractivity contribution in [1.29, 1.82) is 0 Å². The highest BCUT2D eigenvalue weighted by Crippen LogP contribution is 2.42. The number of aliphatic hydroxyl groups is 1. The highest BCUT2D eigenvalue weighted by molar-refractivity contribution is 4.97. The lowest BCUT2D eigenvalue weighted by molar-refractivity contribution is -0.0552. The molecule has 2 heteroatoms. The maximum Gasteiger partial charge on any atom is 0.0900 e. The predicted octanol–water partition coefficient (Wildman–Crippen LogP) is 1.68. The smallest absolute Gasteiger partial charge is 0.0900 e. The summed E-state index contributed by atoms with van der Waals surface area (Å²) in [5.74, 6) is 0. The molecular weight excluding hydrogens is 162 g/mol. The molecule has 2 nitrogen and oxygen atoms in total. The van der Waals surface area contributed by atoms with Gasteiger partial charge in [0, 0.05) is 13.1 Å². The van der Waals surface area contributed by atoms with Crippen molar-refractivity contribution in [1.82, 2.24) is 5.32 Å². The molecule has 2 aliphatic rings. The van der Waals surface area contributed by atoms with E-state index >= 15 is 0 Å². The Bertz CT molecular complexity index is 181. The summed E-state index contributed by atoms with van der Waals surface area (Å²) in [5, 5.41) is 13.2. The molecular formula is C11H21NO. The van der Waals surface area contributed by atoms with E-state index in [2.05, 4.69) is 12.2 Å². The zero-order valence-corrected chi connectivity index (χ0v) is 8.60. The number of β-amino-alcohol motifs (C(OH)–C–C–N with tert-alkyl or cyclic N) is 1. The van der Waals surface area contributed by atoms with Crippen LogP contribution in [0.15, 0.2) is 0 Å². The molecule has 2 fully saturated rings.